The number of halogens is 2. The fourth-order valence-corrected chi connectivity index (χ4v) is 2.32. The summed E-state index contributed by atoms with van der Waals surface area (Å²) in [6, 6.07) is 12.0. The fraction of sp³-hybridized carbons (Fsp3) is 0.235. The van der Waals surface area contributed by atoms with Crippen LogP contribution in [-0.2, 0) is 13.0 Å². The van der Waals surface area contributed by atoms with Gasteiger partial charge in [0.2, 0.25) is 0 Å². The largest absolute Gasteiger partial charge is 0.337 e. The van der Waals surface area contributed by atoms with E-state index in [1.165, 1.54) is 16.5 Å². The average molecular weight is 306 g/mol. The molecule has 110 valence electrons. The van der Waals surface area contributed by atoms with Crippen LogP contribution < -0.4 is 0 Å². The number of carbonyl (C=O) groups excluding carboxylic acids is 1. The predicted molar refractivity (Wildman–Crippen MR) is 83.0 cm³/mol. The zero-order valence-electron chi connectivity index (χ0n) is 12.1. The van der Waals surface area contributed by atoms with Crippen LogP contribution in [0.1, 0.15) is 28.4 Å². The van der Waals surface area contributed by atoms with Gasteiger partial charge in [-0.05, 0) is 36.2 Å². The molecule has 0 aliphatic rings. The lowest BCUT2D eigenvalue weighted by Gasteiger charge is -2.18. The summed E-state index contributed by atoms with van der Waals surface area (Å²) in [6.07, 6.45) is 0.926. The third-order valence-electron chi connectivity index (χ3n) is 3.41. The van der Waals surface area contributed by atoms with Gasteiger partial charge in [0.15, 0.2) is 0 Å². The van der Waals surface area contributed by atoms with Crippen molar-refractivity contribution in [3.63, 3.8) is 0 Å². The minimum absolute atomic E-state index is 0.139. The first-order valence-corrected chi connectivity index (χ1v) is 7.18. The van der Waals surface area contributed by atoms with Crippen LogP contribution in [0.25, 0.3) is 0 Å². The van der Waals surface area contributed by atoms with Crippen LogP contribution >= 0.6 is 11.6 Å². The van der Waals surface area contributed by atoms with Crippen LogP contribution in [0.5, 0.6) is 0 Å². The van der Waals surface area contributed by atoms with Gasteiger partial charge in [-0.15, -0.1) is 0 Å². The Hall–Kier alpha value is -1.87. The van der Waals surface area contributed by atoms with Crippen molar-refractivity contribution in [3.05, 3.63) is 70.0 Å². The Kier molecular flexibility index (Phi) is 4.97. The molecule has 0 unspecified atom stereocenters. The van der Waals surface area contributed by atoms with Gasteiger partial charge in [-0.3, -0.25) is 4.79 Å². The van der Waals surface area contributed by atoms with Crippen LogP contribution in [0.2, 0.25) is 5.02 Å². The minimum atomic E-state index is -0.400. The number of benzene rings is 2. The van der Waals surface area contributed by atoms with E-state index < -0.39 is 5.82 Å². The number of rotatable bonds is 4. The summed E-state index contributed by atoms with van der Waals surface area (Å²) in [5.74, 6) is -0.555. The maximum Gasteiger partial charge on any atom is 0.253 e. The Morgan fingerprint density at radius 3 is 2.43 bits per heavy atom. The summed E-state index contributed by atoms with van der Waals surface area (Å²) in [5, 5.41) is 0.330. The highest BCUT2D eigenvalue weighted by atomic mass is 35.5. The number of amides is 1. The van der Waals surface area contributed by atoms with E-state index in [2.05, 4.69) is 6.92 Å². The van der Waals surface area contributed by atoms with Gasteiger partial charge in [-0.25, -0.2) is 4.39 Å². The molecule has 0 N–H and O–H groups in total. The van der Waals surface area contributed by atoms with Crippen molar-refractivity contribution >= 4 is 17.5 Å². The fourth-order valence-electron chi connectivity index (χ4n) is 2.10. The van der Waals surface area contributed by atoms with Gasteiger partial charge < -0.3 is 4.90 Å². The summed E-state index contributed by atoms with van der Waals surface area (Å²) in [6.45, 7) is 2.20. The molecule has 2 aromatic rings. The molecular weight excluding hydrogens is 289 g/mol. The molecule has 2 aromatic carbocycles. The van der Waals surface area contributed by atoms with E-state index in [1.807, 2.05) is 12.1 Å². The van der Waals surface area contributed by atoms with Crippen LogP contribution in [-0.4, -0.2) is 17.9 Å². The summed E-state index contributed by atoms with van der Waals surface area (Å²) in [7, 11) is 1.64. The van der Waals surface area contributed by atoms with Crippen molar-refractivity contribution in [1.82, 2.24) is 4.90 Å². The second kappa shape index (κ2) is 6.72. The van der Waals surface area contributed by atoms with E-state index in [0.29, 0.717) is 16.1 Å². The highest BCUT2D eigenvalue weighted by Gasteiger charge is 2.15. The molecule has 0 aromatic heterocycles. The van der Waals surface area contributed by atoms with E-state index in [0.717, 1.165) is 6.42 Å². The molecule has 2 nitrogen and oxygen atoms in total. The first-order valence-electron chi connectivity index (χ1n) is 6.80. The van der Waals surface area contributed by atoms with E-state index in [9.17, 15) is 9.18 Å². The van der Waals surface area contributed by atoms with E-state index in [-0.39, 0.29) is 12.5 Å². The van der Waals surface area contributed by atoms with Gasteiger partial charge in [-0.2, -0.15) is 0 Å². The van der Waals surface area contributed by atoms with Gasteiger partial charge >= 0.3 is 0 Å². The lowest BCUT2D eigenvalue weighted by molar-refractivity contribution is 0.0784. The SMILES string of the molecule is CCc1ccc(C(=O)N(C)Cc2c(F)cccc2Cl)cc1. The number of hydrogen-bond acceptors (Lipinski definition) is 1. The Morgan fingerprint density at radius 1 is 1.19 bits per heavy atom. The Bertz CT molecular complexity index is 619. The molecule has 21 heavy (non-hydrogen) atoms. The molecule has 0 atom stereocenters. The number of nitrogens with zero attached hydrogens (tertiary/aromatic N) is 1. The van der Waals surface area contributed by atoms with Crippen LogP contribution in [0.15, 0.2) is 42.5 Å². The molecule has 0 radical (unpaired) electrons. The number of hydrogen-bond donors (Lipinski definition) is 0. The monoisotopic (exact) mass is 305 g/mol. The van der Waals surface area contributed by atoms with Crippen molar-refractivity contribution in [2.75, 3.05) is 7.05 Å². The van der Waals surface area contributed by atoms with Gasteiger partial charge in [0.05, 0.1) is 0 Å². The second-order valence-electron chi connectivity index (χ2n) is 4.91. The molecule has 0 saturated carbocycles. The predicted octanol–water partition coefficient (Wildman–Crippen LogP) is 4.31. The Balaban J connectivity index is 2.15. The van der Waals surface area contributed by atoms with Crippen LogP contribution in [0, 0.1) is 5.82 Å². The van der Waals surface area contributed by atoms with E-state index in [4.69, 9.17) is 11.6 Å². The Morgan fingerprint density at radius 2 is 1.86 bits per heavy atom. The van der Waals surface area contributed by atoms with Crippen molar-refractivity contribution < 1.29 is 9.18 Å². The lowest BCUT2D eigenvalue weighted by Crippen LogP contribution is -2.26. The molecule has 0 fully saturated rings. The maximum atomic E-state index is 13.8. The van der Waals surface area contributed by atoms with Crippen molar-refractivity contribution in [2.24, 2.45) is 0 Å². The third kappa shape index (κ3) is 3.61. The molecule has 1 amide bonds. The van der Waals surface area contributed by atoms with Gasteiger partial charge in [0, 0.05) is 29.7 Å². The highest BCUT2D eigenvalue weighted by molar-refractivity contribution is 6.31. The first kappa shape index (κ1) is 15.5. The summed E-state index contributed by atoms with van der Waals surface area (Å²) >= 11 is 5.99. The molecule has 0 heterocycles. The van der Waals surface area contributed by atoms with Gasteiger partial charge in [0.1, 0.15) is 5.82 Å². The van der Waals surface area contributed by atoms with Gasteiger partial charge in [0.25, 0.3) is 5.91 Å². The molecule has 2 rings (SSSR count). The third-order valence-corrected chi connectivity index (χ3v) is 3.77. The van der Waals surface area contributed by atoms with Crippen molar-refractivity contribution in [2.45, 2.75) is 19.9 Å². The summed E-state index contributed by atoms with van der Waals surface area (Å²) in [5.41, 5.74) is 2.09. The summed E-state index contributed by atoms with van der Waals surface area (Å²) < 4.78 is 13.8. The lowest BCUT2D eigenvalue weighted by atomic mass is 10.1. The molecule has 0 aliphatic heterocycles. The molecular formula is C17H17ClFNO. The second-order valence-corrected chi connectivity index (χ2v) is 5.32. The molecule has 0 bridgehead atoms. The smallest absolute Gasteiger partial charge is 0.253 e. The van der Waals surface area contributed by atoms with E-state index in [1.54, 1.807) is 31.3 Å². The van der Waals surface area contributed by atoms with Crippen LogP contribution in [0.4, 0.5) is 4.39 Å². The minimum Gasteiger partial charge on any atom is -0.337 e. The first-order chi connectivity index (χ1) is 10.0. The quantitative estimate of drug-likeness (QED) is 0.824. The van der Waals surface area contributed by atoms with Crippen molar-refractivity contribution in [3.8, 4) is 0 Å². The molecule has 4 heteroatoms. The van der Waals surface area contributed by atoms with Crippen molar-refractivity contribution in [1.29, 1.82) is 0 Å². The normalized spacial score (nSPS) is 10.5. The maximum absolute atomic E-state index is 13.8. The molecule has 0 spiro atoms. The van der Waals surface area contributed by atoms with E-state index >= 15 is 0 Å². The number of carbonyl (C=O) groups is 1. The molecule has 0 saturated heterocycles. The van der Waals surface area contributed by atoms with Gasteiger partial charge in [-0.1, -0.05) is 36.7 Å². The zero-order valence-corrected chi connectivity index (χ0v) is 12.8. The number of aryl methyl sites for hydroxylation is 1. The molecule has 0 aliphatic carbocycles. The van der Waals surface area contributed by atoms with Crippen LogP contribution in [0.3, 0.4) is 0 Å². The zero-order chi connectivity index (χ0) is 15.4. The topological polar surface area (TPSA) is 20.3 Å². The Labute approximate surface area is 129 Å². The summed E-state index contributed by atoms with van der Waals surface area (Å²) in [4.78, 5) is 13.8. The highest BCUT2D eigenvalue weighted by Crippen LogP contribution is 2.21. The standard InChI is InChI=1S/C17H17ClFNO/c1-3-12-7-9-13(10-8-12)17(21)20(2)11-14-15(18)5-4-6-16(14)19/h4-10H,3,11H2,1-2H3. The average Bonchev–Trinajstić information content (AvgIpc) is 2.50.